The van der Waals surface area contributed by atoms with Gasteiger partial charge in [0.2, 0.25) is 5.91 Å². The second-order valence-corrected chi connectivity index (χ2v) is 6.21. The van der Waals surface area contributed by atoms with Gasteiger partial charge in [0.1, 0.15) is 5.70 Å². The molecule has 3 heterocycles. The number of aliphatic hydroxyl groups excluding tert-OH is 1. The van der Waals surface area contributed by atoms with Crippen molar-refractivity contribution in [1.82, 2.24) is 9.80 Å². The molecule has 0 aromatic heterocycles. The average Bonchev–Trinajstić information content (AvgIpc) is 2.75. The zero-order valence-corrected chi connectivity index (χ0v) is 12.8. The third-order valence-corrected chi connectivity index (χ3v) is 4.79. The molecule has 1 fully saturated rings. The van der Waals surface area contributed by atoms with Gasteiger partial charge in [0.05, 0.1) is 23.9 Å². The lowest BCUT2D eigenvalue weighted by Crippen LogP contribution is -2.61. The number of aliphatic hydroxyl groups is 1. The Hall–Kier alpha value is -1.89. The molecule has 0 aliphatic carbocycles. The second kappa shape index (κ2) is 5.39. The maximum absolute atomic E-state index is 12.1. The monoisotopic (exact) mass is 307 g/mol. The minimum atomic E-state index is -1.07. The minimum absolute atomic E-state index is 0.102. The molecule has 0 unspecified atom stereocenters. The maximum atomic E-state index is 12.1. The lowest BCUT2D eigenvalue weighted by molar-refractivity contribution is -0.161. The fourth-order valence-electron chi connectivity index (χ4n) is 3.69. The van der Waals surface area contributed by atoms with Gasteiger partial charge < -0.3 is 20.0 Å². The number of carbonyl (C=O) groups excluding carboxylic acids is 1. The van der Waals surface area contributed by atoms with Crippen LogP contribution in [0, 0.1) is 5.92 Å². The zero-order valence-electron chi connectivity index (χ0n) is 12.8. The lowest BCUT2D eigenvalue weighted by atomic mass is 9.83. The molecule has 0 spiro atoms. The van der Waals surface area contributed by atoms with Crippen molar-refractivity contribution < 1.29 is 19.8 Å². The number of hydrogen-bond acceptors (Lipinski definition) is 5. The highest BCUT2D eigenvalue weighted by Gasteiger charge is 2.56. The van der Waals surface area contributed by atoms with Crippen molar-refractivity contribution in [3.8, 4) is 0 Å². The molecule has 1 amide bonds. The smallest absolute Gasteiger partial charge is 0.352 e. The zero-order chi connectivity index (χ0) is 16.0. The van der Waals surface area contributed by atoms with E-state index in [2.05, 4.69) is 9.89 Å². The van der Waals surface area contributed by atoms with Crippen molar-refractivity contribution in [3.05, 3.63) is 11.3 Å². The summed E-state index contributed by atoms with van der Waals surface area (Å²) >= 11 is 0. The summed E-state index contributed by atoms with van der Waals surface area (Å²) in [6.07, 6.45) is 0.726. The molecular formula is C15H21N3O4. The van der Waals surface area contributed by atoms with Crippen LogP contribution in [0.2, 0.25) is 0 Å². The van der Waals surface area contributed by atoms with Crippen LogP contribution in [0.5, 0.6) is 0 Å². The Morgan fingerprint density at radius 2 is 2.23 bits per heavy atom. The van der Waals surface area contributed by atoms with Crippen LogP contribution in [0.25, 0.3) is 0 Å². The van der Waals surface area contributed by atoms with Gasteiger partial charge in [-0.1, -0.05) is 0 Å². The largest absolute Gasteiger partial charge is 0.477 e. The minimum Gasteiger partial charge on any atom is -0.477 e. The van der Waals surface area contributed by atoms with Gasteiger partial charge in [-0.3, -0.25) is 9.79 Å². The van der Waals surface area contributed by atoms with E-state index in [1.54, 1.807) is 6.92 Å². The van der Waals surface area contributed by atoms with Crippen molar-refractivity contribution in [2.75, 3.05) is 19.6 Å². The Bertz CT molecular complexity index is 581. The summed E-state index contributed by atoms with van der Waals surface area (Å²) < 4.78 is 0. The van der Waals surface area contributed by atoms with Crippen LogP contribution in [-0.4, -0.2) is 69.5 Å². The van der Waals surface area contributed by atoms with Crippen LogP contribution in [0.4, 0.5) is 0 Å². The molecule has 0 radical (unpaired) electrons. The van der Waals surface area contributed by atoms with Crippen molar-refractivity contribution in [3.63, 3.8) is 0 Å². The van der Waals surface area contributed by atoms with E-state index in [-0.39, 0.29) is 17.6 Å². The highest BCUT2D eigenvalue weighted by atomic mass is 16.4. The van der Waals surface area contributed by atoms with Crippen LogP contribution in [0.15, 0.2) is 16.3 Å². The molecule has 7 nitrogen and oxygen atoms in total. The standard InChI is InChI=1S/C15H21N3O4/c1-8(19)12-11-6-10(7-17-5-3-4-16-9(17)2)13(15(21)22)18(11)14(12)20/h8,11-12,19H,3-7H2,1-2H3,(H,21,22)/t8-,11-,12-/m1/s1. The molecule has 7 heteroatoms. The van der Waals surface area contributed by atoms with Crippen LogP contribution in [-0.2, 0) is 9.59 Å². The number of carbonyl (C=O) groups is 2. The van der Waals surface area contributed by atoms with E-state index in [0.29, 0.717) is 13.0 Å². The number of amidine groups is 1. The first-order valence-corrected chi connectivity index (χ1v) is 7.64. The summed E-state index contributed by atoms with van der Waals surface area (Å²) in [5.74, 6) is -0.919. The summed E-state index contributed by atoms with van der Waals surface area (Å²) in [6, 6.07) is -0.212. The summed E-state index contributed by atoms with van der Waals surface area (Å²) in [6.45, 7) is 5.66. The number of β-lactam (4-membered cyclic amide) rings is 1. The highest BCUT2D eigenvalue weighted by molar-refractivity contribution is 5.99. The normalized spacial score (nSPS) is 29.2. The van der Waals surface area contributed by atoms with E-state index in [0.717, 1.165) is 30.9 Å². The van der Waals surface area contributed by atoms with Crippen LogP contribution < -0.4 is 0 Å². The fraction of sp³-hybridized carbons (Fsp3) is 0.667. The number of amides is 1. The average molecular weight is 307 g/mol. The molecule has 3 rings (SSSR count). The van der Waals surface area contributed by atoms with E-state index in [1.165, 1.54) is 4.90 Å². The van der Waals surface area contributed by atoms with Crippen molar-refractivity contribution >= 4 is 17.7 Å². The molecule has 120 valence electrons. The molecule has 0 aromatic carbocycles. The predicted molar refractivity (Wildman–Crippen MR) is 79.2 cm³/mol. The number of hydrogen-bond donors (Lipinski definition) is 2. The number of carboxylic acids is 1. The quantitative estimate of drug-likeness (QED) is 0.716. The van der Waals surface area contributed by atoms with Gasteiger partial charge in [-0.15, -0.1) is 0 Å². The summed E-state index contributed by atoms with van der Waals surface area (Å²) in [5, 5.41) is 19.2. The summed E-state index contributed by atoms with van der Waals surface area (Å²) in [7, 11) is 0. The lowest BCUT2D eigenvalue weighted by Gasteiger charge is -2.44. The molecule has 3 atom stereocenters. The van der Waals surface area contributed by atoms with Gasteiger partial charge in [0.15, 0.2) is 0 Å². The first kappa shape index (κ1) is 15.0. The second-order valence-electron chi connectivity index (χ2n) is 6.21. The van der Waals surface area contributed by atoms with E-state index < -0.39 is 18.0 Å². The van der Waals surface area contributed by atoms with Crippen molar-refractivity contribution in [2.45, 2.75) is 38.8 Å². The van der Waals surface area contributed by atoms with E-state index in [9.17, 15) is 19.8 Å². The van der Waals surface area contributed by atoms with Crippen LogP contribution >= 0.6 is 0 Å². The molecular weight excluding hydrogens is 286 g/mol. The van der Waals surface area contributed by atoms with Gasteiger partial charge in [0.25, 0.3) is 0 Å². The first-order chi connectivity index (χ1) is 10.4. The third-order valence-electron chi connectivity index (χ3n) is 4.79. The molecule has 0 saturated carbocycles. The molecule has 0 bridgehead atoms. The van der Waals surface area contributed by atoms with Crippen LogP contribution in [0.3, 0.4) is 0 Å². The Morgan fingerprint density at radius 1 is 1.50 bits per heavy atom. The molecule has 3 aliphatic heterocycles. The van der Waals surface area contributed by atoms with E-state index in [4.69, 9.17) is 0 Å². The predicted octanol–water partition coefficient (Wildman–Crippen LogP) is 0.0607. The van der Waals surface area contributed by atoms with Gasteiger partial charge in [-0.05, 0) is 32.3 Å². The topological polar surface area (TPSA) is 93.4 Å². The van der Waals surface area contributed by atoms with Crippen molar-refractivity contribution in [1.29, 1.82) is 0 Å². The SMILES string of the molecule is CC1=NCCCN1CC1=C(C(=O)O)N2C(=O)[C@H]([C@@H](C)O)[C@H]2C1. The third kappa shape index (κ3) is 2.20. The van der Waals surface area contributed by atoms with E-state index >= 15 is 0 Å². The number of rotatable bonds is 4. The van der Waals surface area contributed by atoms with Gasteiger partial charge in [-0.2, -0.15) is 0 Å². The fourth-order valence-corrected chi connectivity index (χ4v) is 3.69. The Balaban J connectivity index is 1.84. The van der Waals surface area contributed by atoms with E-state index in [1.807, 2.05) is 6.92 Å². The van der Waals surface area contributed by atoms with Gasteiger partial charge in [-0.25, -0.2) is 4.79 Å². The number of fused-ring (bicyclic) bond motifs is 1. The summed E-state index contributed by atoms with van der Waals surface area (Å²) in [5.41, 5.74) is 0.857. The van der Waals surface area contributed by atoms with Crippen LogP contribution in [0.1, 0.15) is 26.7 Å². The summed E-state index contributed by atoms with van der Waals surface area (Å²) in [4.78, 5) is 31.5. The Kier molecular flexibility index (Phi) is 3.68. The Labute approximate surface area is 128 Å². The maximum Gasteiger partial charge on any atom is 0.352 e. The molecule has 3 aliphatic rings. The molecule has 0 aromatic rings. The number of aliphatic carboxylic acids is 1. The number of aliphatic imine (C=N–C) groups is 1. The molecule has 1 saturated heterocycles. The molecule has 22 heavy (non-hydrogen) atoms. The van der Waals surface area contributed by atoms with Gasteiger partial charge >= 0.3 is 5.97 Å². The van der Waals surface area contributed by atoms with Gasteiger partial charge in [0, 0.05) is 19.6 Å². The number of carboxylic acid groups (broad SMARTS) is 1. The number of nitrogens with zero attached hydrogens (tertiary/aromatic N) is 3. The highest BCUT2D eigenvalue weighted by Crippen LogP contribution is 2.43. The molecule has 2 N–H and O–H groups in total. The van der Waals surface area contributed by atoms with Crippen molar-refractivity contribution in [2.24, 2.45) is 10.9 Å². The Morgan fingerprint density at radius 3 is 2.82 bits per heavy atom. The first-order valence-electron chi connectivity index (χ1n) is 7.64.